The third kappa shape index (κ3) is 6.86. The van der Waals surface area contributed by atoms with Gasteiger partial charge in [-0.1, -0.05) is 54.6 Å². The predicted octanol–water partition coefficient (Wildman–Crippen LogP) is 3.26. The Morgan fingerprint density at radius 3 is 2.33 bits per heavy atom. The minimum Gasteiger partial charge on any atom is -0.497 e. The Morgan fingerprint density at radius 2 is 1.70 bits per heavy atom. The van der Waals surface area contributed by atoms with Crippen molar-refractivity contribution in [3.05, 3.63) is 77.9 Å². The first-order valence-electron chi connectivity index (χ1n) is 8.47. The van der Waals surface area contributed by atoms with E-state index in [-0.39, 0.29) is 6.61 Å². The fourth-order valence-corrected chi connectivity index (χ4v) is 2.31. The minimum absolute atomic E-state index is 0.121. The van der Waals surface area contributed by atoms with Crippen LogP contribution in [-0.4, -0.2) is 32.3 Å². The Bertz CT molecular complexity index is 756. The molecule has 0 fully saturated rings. The smallest absolute Gasteiger partial charge is 0.408 e. The van der Waals surface area contributed by atoms with E-state index in [4.69, 9.17) is 14.2 Å². The molecule has 6 nitrogen and oxygen atoms in total. The molecule has 27 heavy (non-hydrogen) atoms. The molecule has 0 aromatic heterocycles. The monoisotopic (exact) mass is 369 g/mol. The number of ether oxygens (including phenoxy) is 3. The third-order valence-electron chi connectivity index (χ3n) is 3.78. The van der Waals surface area contributed by atoms with Gasteiger partial charge in [-0.2, -0.15) is 0 Å². The van der Waals surface area contributed by atoms with E-state index in [9.17, 15) is 9.59 Å². The molecule has 1 atom stereocenters. The lowest BCUT2D eigenvalue weighted by molar-refractivity contribution is -0.141. The number of esters is 1. The number of methoxy groups -OCH3 is 2. The Hall–Kier alpha value is -3.28. The molecule has 0 radical (unpaired) electrons. The zero-order valence-electron chi connectivity index (χ0n) is 15.4. The number of rotatable bonds is 8. The zero-order chi connectivity index (χ0) is 19.5. The van der Waals surface area contributed by atoms with Gasteiger partial charge in [-0.25, -0.2) is 9.59 Å². The molecule has 0 aliphatic carbocycles. The molecule has 0 saturated carbocycles. The number of allylic oxidation sites excluding steroid dienone is 1. The maximum Gasteiger partial charge on any atom is 0.408 e. The lowest BCUT2D eigenvalue weighted by Crippen LogP contribution is -2.40. The summed E-state index contributed by atoms with van der Waals surface area (Å²) < 4.78 is 15.0. The van der Waals surface area contributed by atoms with E-state index in [2.05, 4.69) is 5.32 Å². The van der Waals surface area contributed by atoms with Crippen LogP contribution in [-0.2, 0) is 27.3 Å². The highest BCUT2D eigenvalue weighted by Gasteiger charge is 2.19. The van der Waals surface area contributed by atoms with E-state index in [1.165, 1.54) is 7.11 Å². The van der Waals surface area contributed by atoms with Gasteiger partial charge in [-0.05, 0) is 29.7 Å². The molecular formula is C21H23NO5. The number of amides is 1. The Balaban J connectivity index is 1.89. The van der Waals surface area contributed by atoms with Crippen LogP contribution in [0.1, 0.15) is 11.1 Å². The van der Waals surface area contributed by atoms with Crippen LogP contribution in [0.15, 0.2) is 66.7 Å². The van der Waals surface area contributed by atoms with Crippen LogP contribution in [0.3, 0.4) is 0 Å². The highest BCUT2D eigenvalue weighted by Crippen LogP contribution is 2.12. The summed E-state index contributed by atoms with van der Waals surface area (Å²) in [5, 5.41) is 2.50. The molecule has 1 unspecified atom stereocenters. The Kier molecular flexibility index (Phi) is 7.91. The molecule has 0 bridgehead atoms. The van der Waals surface area contributed by atoms with E-state index < -0.39 is 18.1 Å². The van der Waals surface area contributed by atoms with Crippen LogP contribution in [0.4, 0.5) is 4.79 Å². The number of benzene rings is 2. The lowest BCUT2D eigenvalue weighted by atomic mass is 10.1. The van der Waals surface area contributed by atoms with Gasteiger partial charge in [0.05, 0.1) is 14.2 Å². The van der Waals surface area contributed by atoms with E-state index in [0.717, 1.165) is 16.9 Å². The number of alkyl carbamates (subject to hydrolysis) is 1. The van der Waals surface area contributed by atoms with Gasteiger partial charge in [-0.3, -0.25) is 0 Å². The summed E-state index contributed by atoms with van der Waals surface area (Å²) in [6.45, 7) is 0.121. The molecule has 2 aromatic rings. The van der Waals surface area contributed by atoms with Crippen LogP contribution in [0, 0.1) is 0 Å². The molecule has 1 N–H and O–H groups in total. The fraction of sp³-hybridized carbons (Fsp3) is 0.238. The first-order chi connectivity index (χ1) is 13.1. The molecule has 2 rings (SSSR count). The van der Waals surface area contributed by atoms with Crippen molar-refractivity contribution in [1.29, 1.82) is 0 Å². The molecule has 0 spiro atoms. The van der Waals surface area contributed by atoms with Crippen LogP contribution >= 0.6 is 0 Å². The molecule has 0 heterocycles. The van der Waals surface area contributed by atoms with E-state index >= 15 is 0 Å². The molecule has 0 aliphatic rings. The summed E-state index contributed by atoms with van der Waals surface area (Å²) >= 11 is 0. The van der Waals surface area contributed by atoms with Gasteiger partial charge in [0.2, 0.25) is 0 Å². The largest absolute Gasteiger partial charge is 0.497 e. The van der Waals surface area contributed by atoms with Crippen molar-refractivity contribution < 1.29 is 23.8 Å². The second-order valence-electron chi connectivity index (χ2n) is 5.69. The van der Waals surface area contributed by atoms with Crippen molar-refractivity contribution in [2.24, 2.45) is 0 Å². The van der Waals surface area contributed by atoms with E-state index in [0.29, 0.717) is 6.42 Å². The van der Waals surface area contributed by atoms with E-state index in [1.807, 2.05) is 54.6 Å². The number of carbonyl (C=O) groups is 2. The number of carbonyl (C=O) groups excluding carboxylic acids is 2. The Labute approximate surface area is 158 Å². The van der Waals surface area contributed by atoms with Gasteiger partial charge < -0.3 is 19.5 Å². The topological polar surface area (TPSA) is 73.9 Å². The summed E-state index contributed by atoms with van der Waals surface area (Å²) in [6, 6.07) is 15.9. The Morgan fingerprint density at radius 1 is 1.00 bits per heavy atom. The van der Waals surface area contributed by atoms with Gasteiger partial charge >= 0.3 is 12.1 Å². The van der Waals surface area contributed by atoms with Crippen LogP contribution in [0.25, 0.3) is 0 Å². The van der Waals surface area contributed by atoms with Crippen molar-refractivity contribution in [2.45, 2.75) is 19.1 Å². The van der Waals surface area contributed by atoms with Crippen molar-refractivity contribution in [3.63, 3.8) is 0 Å². The summed E-state index contributed by atoms with van der Waals surface area (Å²) in [4.78, 5) is 23.8. The second-order valence-corrected chi connectivity index (χ2v) is 5.69. The van der Waals surface area contributed by atoms with Crippen LogP contribution in [0.2, 0.25) is 0 Å². The molecule has 2 aromatic carbocycles. The number of hydrogen-bond acceptors (Lipinski definition) is 5. The van der Waals surface area contributed by atoms with Gasteiger partial charge in [0.1, 0.15) is 18.4 Å². The van der Waals surface area contributed by atoms with Gasteiger partial charge in [0.15, 0.2) is 0 Å². The molecule has 0 aliphatic heterocycles. The standard InChI is InChI=1S/C21H23NO5/c1-25-18-13-11-16(12-14-18)9-6-10-19(20(23)26-2)22-21(24)27-15-17-7-4-3-5-8-17/h3-8,10-14,19H,9,15H2,1-2H3,(H,22,24)/b10-6+. The SMILES string of the molecule is COC(=O)C(/C=C/Cc1ccc(OC)cc1)NC(=O)OCc1ccccc1. The zero-order valence-corrected chi connectivity index (χ0v) is 15.4. The van der Waals surface area contributed by atoms with Gasteiger partial charge in [0, 0.05) is 0 Å². The average molecular weight is 369 g/mol. The van der Waals surface area contributed by atoms with Gasteiger partial charge in [0.25, 0.3) is 0 Å². The molecule has 0 saturated heterocycles. The number of hydrogen-bond donors (Lipinski definition) is 1. The summed E-state index contributed by atoms with van der Waals surface area (Å²) in [6.07, 6.45) is 3.28. The molecule has 1 amide bonds. The van der Waals surface area contributed by atoms with Crippen molar-refractivity contribution in [2.75, 3.05) is 14.2 Å². The fourth-order valence-electron chi connectivity index (χ4n) is 2.31. The lowest BCUT2D eigenvalue weighted by Gasteiger charge is -2.13. The maximum absolute atomic E-state index is 12.0. The predicted molar refractivity (Wildman–Crippen MR) is 101 cm³/mol. The van der Waals surface area contributed by atoms with Crippen molar-refractivity contribution >= 4 is 12.1 Å². The quantitative estimate of drug-likeness (QED) is 0.571. The molecule has 6 heteroatoms. The summed E-state index contributed by atoms with van der Waals surface area (Å²) in [5.74, 6) is 0.204. The third-order valence-corrected chi connectivity index (χ3v) is 3.78. The summed E-state index contributed by atoms with van der Waals surface area (Å²) in [7, 11) is 2.88. The normalized spacial score (nSPS) is 11.6. The van der Waals surface area contributed by atoms with Crippen molar-refractivity contribution in [1.82, 2.24) is 5.32 Å². The first kappa shape index (κ1) is 20.0. The average Bonchev–Trinajstić information content (AvgIpc) is 2.72. The van der Waals surface area contributed by atoms with Gasteiger partial charge in [-0.15, -0.1) is 0 Å². The second kappa shape index (κ2) is 10.7. The van der Waals surface area contributed by atoms with Crippen LogP contribution in [0.5, 0.6) is 5.75 Å². The highest BCUT2D eigenvalue weighted by atomic mass is 16.6. The maximum atomic E-state index is 12.0. The minimum atomic E-state index is -0.920. The first-order valence-corrected chi connectivity index (χ1v) is 8.47. The molecular weight excluding hydrogens is 346 g/mol. The molecule has 142 valence electrons. The van der Waals surface area contributed by atoms with Crippen LogP contribution < -0.4 is 10.1 Å². The van der Waals surface area contributed by atoms with Crippen molar-refractivity contribution in [3.8, 4) is 5.75 Å². The highest BCUT2D eigenvalue weighted by molar-refractivity contribution is 5.83. The number of nitrogens with one attached hydrogen (secondary N) is 1. The van der Waals surface area contributed by atoms with E-state index in [1.54, 1.807) is 19.3 Å². The summed E-state index contributed by atoms with van der Waals surface area (Å²) in [5.41, 5.74) is 1.90.